The van der Waals surface area contributed by atoms with Crippen LogP contribution in [0.4, 0.5) is 0 Å². The van der Waals surface area contributed by atoms with Gasteiger partial charge in [0.05, 0.1) is 11.7 Å². The van der Waals surface area contributed by atoms with Gasteiger partial charge in [0.15, 0.2) is 0 Å². The molecular weight excluding hydrogens is 479 g/mol. The summed E-state index contributed by atoms with van der Waals surface area (Å²) >= 11 is 0. The van der Waals surface area contributed by atoms with Gasteiger partial charge in [-0.15, -0.1) is 0 Å². The van der Waals surface area contributed by atoms with Crippen molar-refractivity contribution in [2.24, 2.45) is 11.8 Å². The number of benzene rings is 2. The van der Waals surface area contributed by atoms with E-state index in [4.69, 9.17) is 12.8 Å². The molecule has 0 amide bonds. The normalized spacial score (nSPS) is 19.1. The second-order valence-electron chi connectivity index (χ2n) is 10.5. The molecule has 3 aromatic rings. The van der Waals surface area contributed by atoms with Gasteiger partial charge in [0.2, 0.25) is 0 Å². The number of carbonyl (C=O) groups is 1. The molecule has 2 radical (unpaired) electrons. The van der Waals surface area contributed by atoms with Crippen LogP contribution < -0.4 is 11.0 Å². The minimum absolute atomic E-state index is 0.0236. The number of carbonyl (C=O) groups excluding carboxylic acids is 1. The molecule has 2 aliphatic rings. The number of nitrogens with zero attached hydrogens (tertiary/aromatic N) is 2. The molecule has 0 saturated carbocycles. The van der Waals surface area contributed by atoms with Crippen LogP contribution in [0.15, 0.2) is 83.2 Å². The van der Waals surface area contributed by atoms with Crippen molar-refractivity contribution in [3.63, 3.8) is 0 Å². The SMILES string of the molecule is CC.[B]c1ccc(CC(=O)C2CCc3nc(C)n(C(C4=CC(C)CC=C4)c4ccccc4)c(=O)c3CC2)cc1. The number of hydrogen-bond donors (Lipinski definition) is 0. The molecule has 39 heavy (non-hydrogen) atoms. The lowest BCUT2D eigenvalue weighted by Gasteiger charge is -2.27. The third-order valence-electron chi connectivity index (χ3n) is 7.74. The summed E-state index contributed by atoms with van der Waals surface area (Å²) in [6.45, 7) is 8.14. The van der Waals surface area contributed by atoms with Crippen LogP contribution in [0.25, 0.3) is 0 Å². The van der Waals surface area contributed by atoms with Crippen LogP contribution in [0.1, 0.15) is 74.3 Å². The Balaban J connectivity index is 0.00000172. The average molecular weight is 519 g/mol. The first-order chi connectivity index (χ1) is 18.9. The zero-order valence-corrected chi connectivity index (χ0v) is 23.7. The average Bonchev–Trinajstić information content (AvgIpc) is 3.17. The van der Waals surface area contributed by atoms with Gasteiger partial charge < -0.3 is 0 Å². The lowest BCUT2D eigenvalue weighted by Crippen LogP contribution is -2.33. The molecule has 5 rings (SSSR count). The molecule has 1 aromatic heterocycles. The fourth-order valence-corrected chi connectivity index (χ4v) is 5.75. The van der Waals surface area contributed by atoms with Gasteiger partial charge in [-0.2, -0.15) is 0 Å². The smallest absolute Gasteiger partial charge is 0.257 e. The number of allylic oxidation sites excluding steroid dienone is 4. The van der Waals surface area contributed by atoms with Gasteiger partial charge in [0.1, 0.15) is 19.5 Å². The van der Waals surface area contributed by atoms with E-state index in [1.807, 2.05) is 67.8 Å². The summed E-state index contributed by atoms with van der Waals surface area (Å²) < 4.78 is 1.87. The van der Waals surface area contributed by atoms with E-state index in [0.717, 1.165) is 46.6 Å². The molecule has 1 heterocycles. The van der Waals surface area contributed by atoms with Gasteiger partial charge >= 0.3 is 0 Å². The van der Waals surface area contributed by atoms with Gasteiger partial charge in [-0.25, -0.2) is 4.98 Å². The van der Waals surface area contributed by atoms with E-state index in [1.165, 1.54) is 0 Å². The standard InChI is InChI=1S/C32H33BN2O2.C2H6/c1-21-7-6-10-26(19-21)31(25-8-4-3-5-9-25)35-22(2)34-29-18-14-24(13-17-28(29)32(35)37)30(36)20-23-11-15-27(33)16-12-23;1-2/h3-6,8-12,15-16,19,21,24,31H,7,13-14,17-18,20H2,1-2H3;1-2H3. The van der Waals surface area contributed by atoms with Crippen molar-refractivity contribution in [2.75, 3.05) is 0 Å². The zero-order chi connectivity index (χ0) is 27.9. The second kappa shape index (κ2) is 13.1. The van der Waals surface area contributed by atoms with E-state index in [-0.39, 0.29) is 23.3 Å². The van der Waals surface area contributed by atoms with Gasteiger partial charge in [0, 0.05) is 17.9 Å². The van der Waals surface area contributed by atoms with Crippen LogP contribution in [0, 0.1) is 18.8 Å². The first kappa shape index (κ1) is 28.5. The number of fused-ring (bicyclic) bond motifs is 1. The zero-order valence-electron chi connectivity index (χ0n) is 23.7. The molecule has 0 fully saturated rings. The summed E-state index contributed by atoms with van der Waals surface area (Å²) in [6, 6.07) is 17.5. The van der Waals surface area contributed by atoms with Crippen molar-refractivity contribution in [1.82, 2.24) is 9.55 Å². The maximum absolute atomic E-state index is 14.1. The monoisotopic (exact) mass is 518 g/mol. The number of aryl methyl sites for hydroxylation is 2. The fraction of sp³-hybridized carbons (Fsp3) is 0.382. The Labute approximate surface area is 234 Å². The van der Waals surface area contributed by atoms with Crippen molar-refractivity contribution >= 4 is 19.1 Å². The fourth-order valence-electron chi connectivity index (χ4n) is 5.75. The molecule has 0 bridgehead atoms. The van der Waals surface area contributed by atoms with Crippen LogP contribution >= 0.6 is 0 Å². The molecular formula is C34H39BN2O2. The van der Waals surface area contributed by atoms with E-state index >= 15 is 0 Å². The Hall–Kier alpha value is -3.47. The number of hydrogen-bond acceptors (Lipinski definition) is 3. The van der Waals surface area contributed by atoms with E-state index in [1.54, 1.807) is 0 Å². The summed E-state index contributed by atoms with van der Waals surface area (Å²) in [4.78, 5) is 32.2. The summed E-state index contributed by atoms with van der Waals surface area (Å²) in [7, 11) is 5.79. The highest BCUT2D eigenvalue weighted by Crippen LogP contribution is 2.32. The summed E-state index contributed by atoms with van der Waals surface area (Å²) in [5.74, 6) is 1.29. The van der Waals surface area contributed by atoms with Gasteiger partial charge in [-0.05, 0) is 61.6 Å². The molecule has 0 spiro atoms. The Morgan fingerprint density at radius 1 is 1.05 bits per heavy atom. The number of aromatic nitrogens is 2. The van der Waals surface area contributed by atoms with Crippen LogP contribution in [-0.2, 0) is 24.1 Å². The summed E-state index contributed by atoms with van der Waals surface area (Å²) in [5, 5.41) is 0. The molecule has 2 aliphatic carbocycles. The molecule has 5 heteroatoms. The predicted molar refractivity (Wildman–Crippen MR) is 161 cm³/mol. The van der Waals surface area contributed by atoms with Crippen LogP contribution in [0.2, 0.25) is 0 Å². The number of Topliss-reactive ketones (excluding diaryl/α,β-unsaturated/α-hetero) is 1. The van der Waals surface area contributed by atoms with Crippen molar-refractivity contribution in [3.8, 4) is 0 Å². The van der Waals surface area contributed by atoms with Gasteiger partial charge in [0.25, 0.3) is 5.56 Å². The highest BCUT2D eigenvalue weighted by atomic mass is 16.1. The van der Waals surface area contributed by atoms with Crippen LogP contribution in [0.3, 0.4) is 0 Å². The minimum Gasteiger partial charge on any atom is -0.299 e. The molecule has 2 aromatic carbocycles. The Bertz CT molecular complexity index is 1400. The third-order valence-corrected chi connectivity index (χ3v) is 7.74. The highest BCUT2D eigenvalue weighted by molar-refractivity contribution is 6.32. The Kier molecular flexibility index (Phi) is 9.56. The number of rotatable bonds is 6. The predicted octanol–water partition coefficient (Wildman–Crippen LogP) is 5.79. The summed E-state index contributed by atoms with van der Waals surface area (Å²) in [6.07, 6.45) is 10.7. The quantitative estimate of drug-likeness (QED) is 0.307. The maximum Gasteiger partial charge on any atom is 0.257 e. The largest absolute Gasteiger partial charge is 0.299 e. The van der Waals surface area contributed by atoms with Gasteiger partial charge in [-0.3, -0.25) is 14.2 Å². The van der Waals surface area contributed by atoms with E-state index in [2.05, 4.69) is 37.3 Å². The van der Waals surface area contributed by atoms with E-state index in [0.29, 0.717) is 37.1 Å². The van der Waals surface area contributed by atoms with Crippen molar-refractivity contribution < 1.29 is 4.79 Å². The number of ketones is 1. The maximum atomic E-state index is 14.1. The minimum atomic E-state index is -0.225. The van der Waals surface area contributed by atoms with Crippen LogP contribution in [0.5, 0.6) is 0 Å². The molecule has 3 unspecified atom stereocenters. The summed E-state index contributed by atoms with van der Waals surface area (Å²) in [5.41, 5.74) is 5.52. The van der Waals surface area contributed by atoms with E-state index in [9.17, 15) is 9.59 Å². The van der Waals surface area contributed by atoms with Crippen molar-refractivity contribution in [1.29, 1.82) is 0 Å². The second-order valence-corrected chi connectivity index (χ2v) is 10.5. The first-order valence-electron chi connectivity index (χ1n) is 14.3. The first-order valence-corrected chi connectivity index (χ1v) is 14.3. The lowest BCUT2D eigenvalue weighted by molar-refractivity contribution is -0.122. The third kappa shape index (κ3) is 6.58. The topological polar surface area (TPSA) is 52.0 Å². The molecule has 200 valence electrons. The van der Waals surface area contributed by atoms with Gasteiger partial charge in [-0.1, -0.05) is 99.1 Å². The molecule has 4 nitrogen and oxygen atoms in total. The molecule has 0 saturated heterocycles. The Morgan fingerprint density at radius 2 is 1.74 bits per heavy atom. The van der Waals surface area contributed by atoms with Crippen LogP contribution in [-0.4, -0.2) is 23.2 Å². The van der Waals surface area contributed by atoms with Crippen molar-refractivity contribution in [2.45, 2.75) is 72.3 Å². The molecule has 0 N–H and O–H groups in total. The molecule has 0 aliphatic heterocycles. The highest BCUT2D eigenvalue weighted by Gasteiger charge is 2.29. The molecule has 3 atom stereocenters. The lowest BCUT2D eigenvalue weighted by atomic mass is 9.89. The van der Waals surface area contributed by atoms with Crippen molar-refractivity contribution in [3.05, 3.63) is 117 Å². The van der Waals surface area contributed by atoms with E-state index < -0.39 is 0 Å². The Morgan fingerprint density at radius 3 is 2.44 bits per heavy atom.